The minimum absolute atomic E-state index is 0.0343. The summed E-state index contributed by atoms with van der Waals surface area (Å²) in [6, 6.07) is 7.26. The summed E-state index contributed by atoms with van der Waals surface area (Å²) < 4.78 is 13.9. The van der Waals surface area contributed by atoms with E-state index < -0.39 is 7.12 Å². The average molecular weight is 379 g/mol. The molecule has 5 rings (SSSR count). The fourth-order valence-electron chi connectivity index (χ4n) is 4.23. The molecule has 3 aliphatic rings. The van der Waals surface area contributed by atoms with Crippen LogP contribution in [0.2, 0.25) is 0 Å². The Kier molecular flexibility index (Phi) is 3.64. The van der Waals surface area contributed by atoms with Crippen molar-refractivity contribution >= 4 is 30.0 Å². The van der Waals surface area contributed by atoms with Crippen molar-refractivity contribution in [2.45, 2.75) is 57.8 Å². The Morgan fingerprint density at radius 3 is 2.75 bits per heavy atom. The predicted octanol–water partition coefficient (Wildman–Crippen LogP) is 2.08. The first-order chi connectivity index (χ1) is 13.3. The molecule has 1 aliphatic carbocycles. The van der Waals surface area contributed by atoms with E-state index in [2.05, 4.69) is 24.3 Å². The van der Waals surface area contributed by atoms with Gasteiger partial charge in [0.25, 0.3) is 5.91 Å². The van der Waals surface area contributed by atoms with Crippen molar-refractivity contribution in [3.05, 3.63) is 41.2 Å². The number of nitrogens with zero attached hydrogens (tertiary/aromatic N) is 2. The molecule has 0 radical (unpaired) electrons. The summed E-state index contributed by atoms with van der Waals surface area (Å²) in [5.41, 5.74) is 2.79. The highest BCUT2D eigenvalue weighted by molar-refractivity contribution is 6.63. The van der Waals surface area contributed by atoms with Gasteiger partial charge in [-0.3, -0.25) is 14.3 Å². The first-order valence-corrected chi connectivity index (χ1v) is 9.67. The number of hydrogen-bond acceptors (Lipinski definition) is 5. The predicted molar refractivity (Wildman–Crippen MR) is 104 cm³/mol. The van der Waals surface area contributed by atoms with E-state index in [1.165, 1.54) is 0 Å². The number of ketones is 1. The van der Waals surface area contributed by atoms with Crippen molar-refractivity contribution in [2.75, 3.05) is 5.32 Å². The van der Waals surface area contributed by atoms with E-state index in [1.54, 1.807) is 10.7 Å². The van der Waals surface area contributed by atoms with Crippen LogP contribution < -0.4 is 10.8 Å². The van der Waals surface area contributed by atoms with Crippen molar-refractivity contribution < 1.29 is 18.9 Å². The second-order valence-corrected chi connectivity index (χ2v) is 8.34. The van der Waals surface area contributed by atoms with E-state index in [0.717, 1.165) is 23.9 Å². The lowest BCUT2D eigenvalue weighted by Gasteiger charge is -2.16. The van der Waals surface area contributed by atoms with E-state index in [-0.39, 0.29) is 28.6 Å². The molecule has 0 bridgehead atoms. The summed E-state index contributed by atoms with van der Waals surface area (Å²) in [7, 11) is -0.432. The van der Waals surface area contributed by atoms with Gasteiger partial charge in [-0.2, -0.15) is 5.10 Å². The molecule has 1 N–H and O–H groups in total. The molecular formula is C20H22BN3O4. The molecule has 2 atom stereocenters. The van der Waals surface area contributed by atoms with Gasteiger partial charge in [0.05, 0.1) is 11.2 Å². The number of fused-ring (bicyclic) bond motifs is 2. The molecule has 0 spiro atoms. The summed E-state index contributed by atoms with van der Waals surface area (Å²) in [5.74, 6) is -0.294. The Balaban J connectivity index is 1.38. The van der Waals surface area contributed by atoms with Crippen molar-refractivity contribution in [1.82, 2.24) is 9.78 Å². The van der Waals surface area contributed by atoms with Crippen molar-refractivity contribution in [3.63, 3.8) is 0 Å². The fourth-order valence-corrected chi connectivity index (χ4v) is 4.23. The van der Waals surface area contributed by atoms with Gasteiger partial charge in [0.2, 0.25) is 0 Å². The maximum Gasteiger partial charge on any atom is 0.495 e. The molecule has 3 heterocycles. The number of nitrogens with one attached hydrogen (secondary N) is 1. The van der Waals surface area contributed by atoms with E-state index in [1.807, 2.05) is 25.1 Å². The van der Waals surface area contributed by atoms with Crippen LogP contribution in [0.1, 0.15) is 59.7 Å². The highest BCUT2D eigenvalue weighted by Gasteiger charge is 2.71. The standard InChI is InChI=1S/C20H22BN3O4/c1-12-13(21-27-19(2)11-20(19,3)28-21)6-4-7-14(12)22-18(26)15-10-16-17(25)8-5-9-24(16)23-15/h4,6-7,10H,5,8-9,11H2,1-3H3,(H,22,26). The molecule has 2 aromatic rings. The number of Topliss-reactive ketones (excluding diaryl/α,β-unsaturated/α-hetero) is 1. The number of aromatic nitrogens is 2. The average Bonchev–Trinajstić information content (AvgIpc) is 2.97. The number of carbonyl (C=O) groups excluding carboxylic acids is 2. The molecule has 2 aliphatic heterocycles. The zero-order valence-corrected chi connectivity index (χ0v) is 16.2. The molecule has 1 saturated carbocycles. The molecule has 1 aromatic carbocycles. The summed E-state index contributed by atoms with van der Waals surface area (Å²) in [5, 5.41) is 7.21. The number of benzene rings is 1. The van der Waals surface area contributed by atoms with Crippen LogP contribution in [0.4, 0.5) is 5.69 Å². The van der Waals surface area contributed by atoms with E-state index in [4.69, 9.17) is 9.31 Å². The minimum Gasteiger partial charge on any atom is -0.399 e. The summed E-state index contributed by atoms with van der Waals surface area (Å²) in [6.07, 6.45) is 2.16. The lowest BCUT2D eigenvalue weighted by Crippen LogP contribution is -2.38. The molecule has 28 heavy (non-hydrogen) atoms. The molecular weight excluding hydrogens is 357 g/mol. The SMILES string of the molecule is Cc1c(NC(=O)c2cc3n(n2)CCCC3=O)cccc1B1OC2(C)CC2(C)O1. The van der Waals surface area contributed by atoms with Crippen LogP contribution in [0.3, 0.4) is 0 Å². The third-order valence-electron chi connectivity index (χ3n) is 6.35. The topological polar surface area (TPSA) is 82.5 Å². The van der Waals surface area contributed by atoms with Gasteiger partial charge in [-0.05, 0) is 44.3 Å². The van der Waals surface area contributed by atoms with E-state index in [0.29, 0.717) is 24.3 Å². The Morgan fingerprint density at radius 1 is 1.29 bits per heavy atom. The molecule has 8 heteroatoms. The van der Waals surface area contributed by atoms with Gasteiger partial charge in [-0.1, -0.05) is 12.1 Å². The highest BCUT2D eigenvalue weighted by Crippen LogP contribution is 2.58. The smallest absolute Gasteiger partial charge is 0.399 e. The normalized spacial score (nSPS) is 28.1. The van der Waals surface area contributed by atoms with E-state index in [9.17, 15) is 9.59 Å². The van der Waals surface area contributed by atoms with Gasteiger partial charge >= 0.3 is 7.12 Å². The molecule has 1 amide bonds. The van der Waals surface area contributed by atoms with Crippen LogP contribution in [0.25, 0.3) is 0 Å². The lowest BCUT2D eigenvalue weighted by atomic mass is 9.75. The Hall–Kier alpha value is -2.45. The summed E-state index contributed by atoms with van der Waals surface area (Å²) in [6.45, 7) is 6.73. The van der Waals surface area contributed by atoms with Gasteiger partial charge in [0, 0.05) is 31.1 Å². The highest BCUT2D eigenvalue weighted by atomic mass is 16.7. The van der Waals surface area contributed by atoms with Crippen molar-refractivity contribution in [2.24, 2.45) is 0 Å². The molecule has 2 fully saturated rings. The molecule has 144 valence electrons. The van der Waals surface area contributed by atoms with Gasteiger partial charge in [0.1, 0.15) is 5.69 Å². The van der Waals surface area contributed by atoms with Crippen molar-refractivity contribution in [3.8, 4) is 0 Å². The van der Waals surface area contributed by atoms with Crippen LogP contribution in [-0.4, -0.2) is 39.8 Å². The first kappa shape index (κ1) is 17.6. The number of aryl methyl sites for hydroxylation is 1. The number of rotatable bonds is 3. The molecule has 1 saturated heterocycles. The number of carbonyl (C=O) groups is 2. The maximum atomic E-state index is 12.7. The number of amides is 1. The van der Waals surface area contributed by atoms with Crippen LogP contribution in [0.15, 0.2) is 24.3 Å². The van der Waals surface area contributed by atoms with Gasteiger partial charge in [-0.15, -0.1) is 0 Å². The Bertz CT molecular complexity index is 1000. The van der Waals surface area contributed by atoms with Crippen LogP contribution >= 0.6 is 0 Å². The van der Waals surface area contributed by atoms with Crippen LogP contribution in [-0.2, 0) is 15.9 Å². The van der Waals surface area contributed by atoms with Gasteiger partial charge < -0.3 is 14.6 Å². The van der Waals surface area contributed by atoms with Gasteiger partial charge in [0.15, 0.2) is 11.5 Å². The minimum atomic E-state index is -0.432. The molecule has 1 aromatic heterocycles. The third-order valence-corrected chi connectivity index (χ3v) is 6.35. The summed E-state index contributed by atoms with van der Waals surface area (Å²) in [4.78, 5) is 24.7. The van der Waals surface area contributed by atoms with Crippen molar-refractivity contribution in [1.29, 1.82) is 0 Å². The monoisotopic (exact) mass is 379 g/mol. The summed E-state index contributed by atoms with van der Waals surface area (Å²) >= 11 is 0. The lowest BCUT2D eigenvalue weighted by molar-refractivity contribution is 0.0950. The molecule has 2 unspecified atom stereocenters. The molecule has 7 nitrogen and oxygen atoms in total. The zero-order valence-electron chi connectivity index (χ0n) is 16.2. The number of hydrogen-bond donors (Lipinski definition) is 1. The third kappa shape index (κ3) is 2.55. The van der Waals surface area contributed by atoms with Gasteiger partial charge in [-0.25, -0.2) is 0 Å². The second kappa shape index (κ2) is 5.78. The Labute approximate surface area is 163 Å². The maximum absolute atomic E-state index is 12.7. The fraction of sp³-hybridized carbons (Fsp3) is 0.450. The first-order valence-electron chi connectivity index (χ1n) is 9.67. The van der Waals surface area contributed by atoms with Crippen LogP contribution in [0.5, 0.6) is 0 Å². The van der Waals surface area contributed by atoms with Crippen LogP contribution in [0, 0.1) is 6.92 Å². The Morgan fingerprint density at radius 2 is 2.04 bits per heavy atom. The quantitative estimate of drug-likeness (QED) is 0.826. The second-order valence-electron chi connectivity index (χ2n) is 8.34. The largest absolute Gasteiger partial charge is 0.495 e. The zero-order chi connectivity index (χ0) is 19.7. The number of anilines is 1. The van der Waals surface area contributed by atoms with E-state index >= 15 is 0 Å².